The number of sulfonamides is 1. The Morgan fingerprint density at radius 2 is 1.58 bits per heavy atom. The summed E-state index contributed by atoms with van der Waals surface area (Å²) in [6.45, 7) is 2.30. The lowest BCUT2D eigenvalue weighted by atomic mass is 10.1. The molecule has 0 radical (unpaired) electrons. The second-order valence-electron chi connectivity index (χ2n) is 8.45. The number of aromatic nitrogens is 1. The minimum Gasteiger partial charge on any atom is -0.492 e. The third-order valence-corrected chi connectivity index (χ3v) is 6.16. The van der Waals surface area contributed by atoms with Crippen LogP contribution >= 0.6 is 0 Å². The maximum absolute atomic E-state index is 11.4. The minimum atomic E-state index is -3.37. The van der Waals surface area contributed by atoms with E-state index in [1.54, 1.807) is 31.4 Å². The number of rotatable bonds is 13. The van der Waals surface area contributed by atoms with Crippen molar-refractivity contribution < 1.29 is 27.7 Å². The lowest BCUT2D eigenvalue weighted by molar-refractivity contribution is 0.146. The lowest BCUT2D eigenvalue weighted by Gasteiger charge is -2.14. The summed E-state index contributed by atoms with van der Waals surface area (Å²) in [5, 5.41) is 15.8. The number of hydrogen-bond donors (Lipinski definition) is 4. The first-order valence-electron chi connectivity index (χ1n) is 11.6. The molecule has 0 bridgehead atoms. The monoisotopic (exact) mass is 513 g/mol. The molecule has 0 saturated carbocycles. The summed E-state index contributed by atoms with van der Waals surface area (Å²) in [4.78, 5) is 3.42. The first-order valence-corrected chi connectivity index (χ1v) is 13.5. The Bertz CT molecular complexity index is 1420. The van der Waals surface area contributed by atoms with Crippen LogP contribution in [-0.2, 0) is 14.8 Å². The Balaban J connectivity index is 1.28. The van der Waals surface area contributed by atoms with Gasteiger partial charge in [-0.25, -0.2) is 8.42 Å². The van der Waals surface area contributed by atoms with Gasteiger partial charge in [0.15, 0.2) is 0 Å². The number of benzene rings is 3. The molecule has 1 aromatic heterocycles. The lowest BCUT2D eigenvalue weighted by Crippen LogP contribution is -2.26. The largest absolute Gasteiger partial charge is 0.492 e. The molecule has 3 aromatic carbocycles. The van der Waals surface area contributed by atoms with E-state index in [0.29, 0.717) is 44.2 Å². The summed E-state index contributed by atoms with van der Waals surface area (Å²) in [5.41, 5.74) is 3.00. The molecule has 4 aromatic rings. The number of hydrogen-bond acceptors (Lipinski definition) is 7. The number of H-pyrrole nitrogens is 1. The van der Waals surface area contributed by atoms with Gasteiger partial charge >= 0.3 is 0 Å². The van der Waals surface area contributed by atoms with Crippen LogP contribution in [0.2, 0.25) is 0 Å². The number of nitrogens with one attached hydrogen (secondary N) is 3. The van der Waals surface area contributed by atoms with E-state index in [1.165, 1.54) is 0 Å². The van der Waals surface area contributed by atoms with E-state index in [0.717, 1.165) is 39.6 Å². The van der Waals surface area contributed by atoms with Crippen molar-refractivity contribution in [3.05, 3.63) is 66.2 Å². The zero-order valence-corrected chi connectivity index (χ0v) is 21.1. The molecule has 0 unspecified atom stereocenters. The Morgan fingerprint density at radius 3 is 2.22 bits per heavy atom. The Labute approximate surface area is 210 Å². The Morgan fingerprint density at radius 1 is 0.917 bits per heavy atom. The van der Waals surface area contributed by atoms with Crippen LogP contribution in [-0.4, -0.2) is 64.8 Å². The van der Waals surface area contributed by atoms with Crippen molar-refractivity contribution in [2.75, 3.05) is 51.0 Å². The van der Waals surface area contributed by atoms with E-state index >= 15 is 0 Å². The van der Waals surface area contributed by atoms with E-state index in [1.807, 2.05) is 36.4 Å². The normalized spacial score (nSPS) is 12.6. The van der Waals surface area contributed by atoms with Crippen molar-refractivity contribution in [2.45, 2.75) is 6.10 Å². The molecule has 0 fully saturated rings. The molecule has 0 aliphatic rings. The average Bonchev–Trinajstić information content (AvgIpc) is 3.20. The predicted octanol–water partition coefficient (Wildman–Crippen LogP) is 3.42. The van der Waals surface area contributed by atoms with Crippen LogP contribution < -0.4 is 19.5 Å². The van der Waals surface area contributed by atoms with Gasteiger partial charge in [-0.2, -0.15) is 0 Å². The van der Waals surface area contributed by atoms with Gasteiger partial charge in [0, 0.05) is 48.8 Å². The maximum Gasteiger partial charge on any atom is 0.229 e. The van der Waals surface area contributed by atoms with Crippen LogP contribution in [0, 0.1) is 0 Å². The highest BCUT2D eigenvalue weighted by atomic mass is 32.2. The van der Waals surface area contributed by atoms with Crippen LogP contribution in [0.15, 0.2) is 60.7 Å². The third kappa shape index (κ3) is 6.88. The Kier molecular flexibility index (Phi) is 8.32. The van der Waals surface area contributed by atoms with Gasteiger partial charge in [-0.1, -0.05) is 12.1 Å². The van der Waals surface area contributed by atoms with Gasteiger partial charge < -0.3 is 29.6 Å². The van der Waals surface area contributed by atoms with Crippen molar-refractivity contribution >= 4 is 37.5 Å². The van der Waals surface area contributed by atoms with Crippen molar-refractivity contribution in [1.82, 2.24) is 10.3 Å². The van der Waals surface area contributed by atoms with E-state index < -0.39 is 16.1 Å². The zero-order chi connectivity index (χ0) is 25.5. The molecule has 192 valence electrons. The molecule has 0 aliphatic heterocycles. The molecule has 9 nitrogen and oxygen atoms in total. The Hall–Kier alpha value is -3.31. The molecule has 0 aliphatic carbocycles. The molecule has 0 spiro atoms. The fourth-order valence-corrected chi connectivity index (χ4v) is 4.47. The van der Waals surface area contributed by atoms with Gasteiger partial charge in [0.2, 0.25) is 10.0 Å². The van der Waals surface area contributed by atoms with E-state index in [4.69, 9.17) is 14.2 Å². The second kappa shape index (κ2) is 11.6. The molecule has 0 amide bonds. The summed E-state index contributed by atoms with van der Waals surface area (Å²) >= 11 is 0. The standard InChI is InChI=1S/C26H31N3O6S/c1-33-12-13-35-21-7-9-23-22-8-6-20(15-24(22)28-25(23)16-21)34-11-10-27-17-26(30)18-4-3-5-19(14-18)29-36(2,31)32/h3-9,14-16,26-30H,10-13,17H2,1-2H3/t26-/m0/s1. The number of aliphatic hydroxyl groups excluding tert-OH is 1. The quantitative estimate of drug-likeness (QED) is 0.202. The van der Waals surface area contributed by atoms with Gasteiger partial charge in [-0.05, 0) is 42.0 Å². The number of methoxy groups -OCH3 is 1. The molecule has 1 atom stereocenters. The average molecular weight is 514 g/mol. The van der Waals surface area contributed by atoms with Crippen molar-refractivity contribution in [3.63, 3.8) is 0 Å². The molecule has 0 saturated heterocycles. The topological polar surface area (TPSA) is 122 Å². The third-order valence-electron chi connectivity index (χ3n) is 5.56. The van der Waals surface area contributed by atoms with Gasteiger partial charge in [-0.15, -0.1) is 0 Å². The number of aliphatic hydroxyl groups is 1. The fourth-order valence-electron chi connectivity index (χ4n) is 3.91. The zero-order valence-electron chi connectivity index (χ0n) is 20.3. The van der Waals surface area contributed by atoms with Crippen LogP contribution in [0.4, 0.5) is 5.69 Å². The highest BCUT2D eigenvalue weighted by molar-refractivity contribution is 7.92. The number of ether oxygens (including phenoxy) is 3. The first-order chi connectivity index (χ1) is 17.3. The van der Waals surface area contributed by atoms with Gasteiger partial charge in [0.05, 0.1) is 30.0 Å². The van der Waals surface area contributed by atoms with Crippen molar-refractivity contribution in [1.29, 1.82) is 0 Å². The van der Waals surface area contributed by atoms with Gasteiger partial charge in [-0.3, -0.25) is 4.72 Å². The fraction of sp³-hybridized carbons (Fsp3) is 0.308. The minimum absolute atomic E-state index is 0.307. The van der Waals surface area contributed by atoms with Crippen molar-refractivity contribution in [2.24, 2.45) is 0 Å². The summed E-state index contributed by atoms with van der Waals surface area (Å²) < 4.78 is 41.8. The number of anilines is 1. The molecular formula is C26H31N3O6S. The number of fused-ring (bicyclic) bond motifs is 3. The van der Waals surface area contributed by atoms with Crippen LogP contribution in [0.1, 0.15) is 11.7 Å². The first kappa shape index (κ1) is 25.8. The molecule has 36 heavy (non-hydrogen) atoms. The molecule has 1 heterocycles. The predicted molar refractivity (Wildman–Crippen MR) is 141 cm³/mol. The summed E-state index contributed by atoms with van der Waals surface area (Å²) in [6.07, 6.45) is 0.307. The summed E-state index contributed by atoms with van der Waals surface area (Å²) in [5.74, 6) is 1.53. The SMILES string of the molecule is COCCOc1ccc2c(c1)[nH]c1cc(OCCNC[C@H](O)c3cccc(NS(C)(=O)=O)c3)ccc12. The van der Waals surface area contributed by atoms with Crippen LogP contribution in [0.3, 0.4) is 0 Å². The molecule has 4 N–H and O–H groups in total. The van der Waals surface area contributed by atoms with E-state index in [9.17, 15) is 13.5 Å². The van der Waals surface area contributed by atoms with E-state index in [2.05, 4.69) is 15.0 Å². The van der Waals surface area contributed by atoms with Crippen LogP contribution in [0.25, 0.3) is 21.8 Å². The highest BCUT2D eigenvalue weighted by Gasteiger charge is 2.10. The van der Waals surface area contributed by atoms with Crippen molar-refractivity contribution in [3.8, 4) is 11.5 Å². The maximum atomic E-state index is 11.4. The van der Waals surface area contributed by atoms with E-state index in [-0.39, 0.29) is 0 Å². The van der Waals surface area contributed by atoms with Gasteiger partial charge in [0.25, 0.3) is 0 Å². The van der Waals surface area contributed by atoms with Crippen LogP contribution in [0.5, 0.6) is 11.5 Å². The smallest absolute Gasteiger partial charge is 0.229 e. The van der Waals surface area contributed by atoms with Gasteiger partial charge in [0.1, 0.15) is 24.7 Å². The molecular weight excluding hydrogens is 482 g/mol. The second-order valence-corrected chi connectivity index (χ2v) is 10.2. The molecule has 4 rings (SSSR count). The summed E-state index contributed by atoms with van der Waals surface area (Å²) in [6, 6.07) is 18.6. The summed E-state index contributed by atoms with van der Waals surface area (Å²) in [7, 11) is -1.73. The molecule has 10 heteroatoms. The number of aromatic amines is 1. The highest BCUT2D eigenvalue weighted by Crippen LogP contribution is 2.30.